The highest BCUT2D eigenvalue weighted by atomic mass is 19.4. The number of ether oxygens (including phenoxy) is 2. The van der Waals surface area contributed by atoms with E-state index in [4.69, 9.17) is 9.47 Å². The zero-order chi connectivity index (χ0) is 16.9. The molecule has 2 aromatic rings. The van der Waals surface area contributed by atoms with E-state index in [1.165, 1.54) is 26.4 Å². The Morgan fingerprint density at radius 1 is 0.870 bits per heavy atom. The Morgan fingerprint density at radius 2 is 1.48 bits per heavy atom. The molecule has 0 aliphatic rings. The predicted octanol–water partition coefficient (Wildman–Crippen LogP) is 4.40. The lowest BCUT2D eigenvalue weighted by molar-refractivity contribution is -0.137. The summed E-state index contributed by atoms with van der Waals surface area (Å²) >= 11 is 0. The molecule has 0 saturated heterocycles. The Hall–Kier alpha value is -2.29. The molecule has 2 aromatic carbocycles. The second-order valence-electron chi connectivity index (χ2n) is 4.72. The van der Waals surface area contributed by atoms with Gasteiger partial charge in [0.1, 0.15) is 0 Å². The molecule has 23 heavy (non-hydrogen) atoms. The van der Waals surface area contributed by atoms with E-state index in [9.17, 15) is 13.2 Å². The van der Waals surface area contributed by atoms with Crippen LogP contribution in [0.1, 0.15) is 28.5 Å². The van der Waals surface area contributed by atoms with E-state index in [1.807, 2.05) is 18.2 Å². The molecule has 0 heterocycles. The number of benzene rings is 2. The molecular formula is C18H15F3O2. The second kappa shape index (κ2) is 7.32. The molecule has 0 N–H and O–H groups in total. The van der Waals surface area contributed by atoms with Crippen molar-refractivity contribution >= 4 is 0 Å². The van der Waals surface area contributed by atoms with Crippen LogP contribution in [0.2, 0.25) is 0 Å². The molecule has 2 nitrogen and oxygen atoms in total. The lowest BCUT2D eigenvalue weighted by Crippen LogP contribution is -2.05. The SMILES string of the molecule is COC(OC)c1ccccc1C#Cc1ccc(C(F)(F)F)cc1. The van der Waals surface area contributed by atoms with Crippen LogP contribution in [0.15, 0.2) is 48.5 Å². The first-order valence-corrected chi connectivity index (χ1v) is 6.79. The molecule has 0 atom stereocenters. The van der Waals surface area contributed by atoms with Crippen LogP contribution in [0.5, 0.6) is 0 Å². The first kappa shape index (κ1) is 17.1. The Balaban J connectivity index is 2.29. The maximum Gasteiger partial charge on any atom is 0.416 e. The van der Waals surface area contributed by atoms with Crippen LogP contribution in [0.3, 0.4) is 0 Å². The van der Waals surface area contributed by atoms with Gasteiger partial charge in [0.2, 0.25) is 0 Å². The van der Waals surface area contributed by atoms with E-state index in [1.54, 1.807) is 6.07 Å². The van der Waals surface area contributed by atoms with Gasteiger partial charge in [0, 0.05) is 30.9 Å². The van der Waals surface area contributed by atoms with Gasteiger partial charge in [-0.05, 0) is 30.3 Å². The molecule has 0 spiro atoms. The summed E-state index contributed by atoms with van der Waals surface area (Å²) in [6.07, 6.45) is -4.89. The molecule has 5 heteroatoms. The van der Waals surface area contributed by atoms with E-state index in [-0.39, 0.29) is 0 Å². The van der Waals surface area contributed by atoms with Crippen molar-refractivity contribution < 1.29 is 22.6 Å². The van der Waals surface area contributed by atoms with Crippen molar-refractivity contribution in [2.45, 2.75) is 12.5 Å². The van der Waals surface area contributed by atoms with Crippen molar-refractivity contribution in [2.24, 2.45) is 0 Å². The highest BCUT2D eigenvalue weighted by Gasteiger charge is 2.29. The zero-order valence-corrected chi connectivity index (χ0v) is 12.6. The number of halogens is 3. The van der Waals surface area contributed by atoms with Gasteiger partial charge in [0.15, 0.2) is 6.29 Å². The predicted molar refractivity (Wildman–Crippen MR) is 80.6 cm³/mol. The van der Waals surface area contributed by atoms with Gasteiger partial charge < -0.3 is 9.47 Å². The van der Waals surface area contributed by atoms with Crippen molar-refractivity contribution in [3.8, 4) is 11.8 Å². The summed E-state index contributed by atoms with van der Waals surface area (Å²) in [7, 11) is 3.04. The van der Waals surface area contributed by atoms with Gasteiger partial charge in [-0.25, -0.2) is 0 Å². The van der Waals surface area contributed by atoms with Crippen molar-refractivity contribution in [3.05, 3.63) is 70.8 Å². The summed E-state index contributed by atoms with van der Waals surface area (Å²) in [4.78, 5) is 0. The molecule has 0 radical (unpaired) electrons. The molecule has 2 rings (SSSR count). The van der Waals surface area contributed by atoms with Crippen LogP contribution in [-0.4, -0.2) is 14.2 Å². The quantitative estimate of drug-likeness (QED) is 0.616. The Bertz CT molecular complexity index is 706. The molecule has 0 bridgehead atoms. The zero-order valence-electron chi connectivity index (χ0n) is 12.6. The molecule has 0 fully saturated rings. The fourth-order valence-corrected chi connectivity index (χ4v) is 2.05. The second-order valence-corrected chi connectivity index (χ2v) is 4.72. The fourth-order valence-electron chi connectivity index (χ4n) is 2.05. The fraction of sp³-hybridized carbons (Fsp3) is 0.222. The first-order chi connectivity index (χ1) is 11.0. The summed E-state index contributed by atoms with van der Waals surface area (Å²) < 4.78 is 48.0. The first-order valence-electron chi connectivity index (χ1n) is 6.79. The molecular weight excluding hydrogens is 305 g/mol. The smallest absolute Gasteiger partial charge is 0.352 e. The molecule has 0 aliphatic heterocycles. The Kier molecular flexibility index (Phi) is 5.43. The summed E-state index contributed by atoms with van der Waals surface area (Å²) in [5, 5.41) is 0. The minimum absolute atomic E-state index is 0.499. The van der Waals surface area contributed by atoms with Crippen LogP contribution >= 0.6 is 0 Å². The van der Waals surface area contributed by atoms with Gasteiger partial charge in [0.25, 0.3) is 0 Å². The summed E-state index contributed by atoms with van der Waals surface area (Å²) in [5.41, 5.74) is 1.26. The van der Waals surface area contributed by atoms with E-state index in [0.29, 0.717) is 11.1 Å². The van der Waals surface area contributed by atoms with Crippen molar-refractivity contribution in [1.29, 1.82) is 0 Å². The lowest BCUT2D eigenvalue weighted by Gasteiger charge is -2.15. The third-order valence-corrected chi connectivity index (χ3v) is 3.20. The summed E-state index contributed by atoms with van der Waals surface area (Å²) in [5.74, 6) is 5.80. The lowest BCUT2D eigenvalue weighted by atomic mass is 10.1. The molecule has 0 saturated carbocycles. The van der Waals surface area contributed by atoms with Crippen LogP contribution < -0.4 is 0 Å². The largest absolute Gasteiger partial charge is 0.416 e. The minimum atomic E-state index is -4.34. The molecule has 120 valence electrons. The minimum Gasteiger partial charge on any atom is -0.352 e. The topological polar surface area (TPSA) is 18.5 Å². The summed E-state index contributed by atoms with van der Waals surface area (Å²) in [6, 6.07) is 12.0. The molecule has 0 amide bonds. The van der Waals surface area contributed by atoms with E-state index in [0.717, 1.165) is 17.7 Å². The average Bonchev–Trinajstić information content (AvgIpc) is 2.54. The Morgan fingerprint density at radius 3 is 2.04 bits per heavy atom. The molecule has 0 aliphatic carbocycles. The van der Waals surface area contributed by atoms with Crippen molar-refractivity contribution in [3.63, 3.8) is 0 Å². The number of rotatable bonds is 3. The maximum absolute atomic E-state index is 12.5. The molecule has 0 unspecified atom stereocenters. The normalized spacial score (nSPS) is 11.2. The summed E-state index contributed by atoms with van der Waals surface area (Å²) in [6.45, 7) is 0. The number of methoxy groups -OCH3 is 2. The van der Waals surface area contributed by atoms with Crippen LogP contribution in [0.4, 0.5) is 13.2 Å². The highest BCUT2D eigenvalue weighted by Crippen LogP contribution is 2.29. The van der Waals surface area contributed by atoms with Gasteiger partial charge in [-0.15, -0.1) is 0 Å². The maximum atomic E-state index is 12.5. The monoisotopic (exact) mass is 320 g/mol. The standard InChI is InChI=1S/C18H15F3O2/c1-22-17(23-2)16-6-4-3-5-14(16)10-7-13-8-11-15(12-9-13)18(19,20)21/h3-6,8-9,11-12,17H,1-2H3. The van der Waals surface area contributed by atoms with Crippen molar-refractivity contribution in [1.82, 2.24) is 0 Å². The van der Waals surface area contributed by atoms with E-state index >= 15 is 0 Å². The van der Waals surface area contributed by atoms with Crippen LogP contribution in [0.25, 0.3) is 0 Å². The number of hydrogen-bond donors (Lipinski definition) is 0. The molecule has 0 aromatic heterocycles. The van der Waals surface area contributed by atoms with E-state index < -0.39 is 18.0 Å². The highest BCUT2D eigenvalue weighted by molar-refractivity contribution is 5.47. The third kappa shape index (κ3) is 4.35. The van der Waals surface area contributed by atoms with Gasteiger partial charge in [0.05, 0.1) is 5.56 Å². The van der Waals surface area contributed by atoms with Gasteiger partial charge >= 0.3 is 6.18 Å². The van der Waals surface area contributed by atoms with Crippen molar-refractivity contribution in [2.75, 3.05) is 14.2 Å². The van der Waals surface area contributed by atoms with Gasteiger partial charge in [-0.3, -0.25) is 0 Å². The van der Waals surface area contributed by atoms with Gasteiger partial charge in [-0.1, -0.05) is 30.0 Å². The number of hydrogen-bond acceptors (Lipinski definition) is 2. The van der Waals surface area contributed by atoms with Gasteiger partial charge in [-0.2, -0.15) is 13.2 Å². The average molecular weight is 320 g/mol. The van der Waals surface area contributed by atoms with Crippen LogP contribution in [0, 0.1) is 11.8 Å². The van der Waals surface area contributed by atoms with E-state index in [2.05, 4.69) is 11.8 Å². The third-order valence-electron chi connectivity index (χ3n) is 3.20. The Labute approximate surface area is 132 Å². The van der Waals surface area contributed by atoms with Crippen LogP contribution in [-0.2, 0) is 15.7 Å². The number of alkyl halides is 3.